The van der Waals surface area contributed by atoms with Crippen molar-refractivity contribution in [1.82, 2.24) is 10.6 Å². The summed E-state index contributed by atoms with van der Waals surface area (Å²) in [5.41, 5.74) is 0.650. The molecule has 1 aromatic rings. The van der Waals surface area contributed by atoms with Gasteiger partial charge in [-0.3, -0.25) is 0 Å². The molecule has 0 amide bonds. The van der Waals surface area contributed by atoms with Crippen LogP contribution in [0, 0.1) is 11.8 Å². The number of aliphatic imine (C=N–C) groups is 1. The molecule has 2 aliphatic carbocycles. The summed E-state index contributed by atoms with van der Waals surface area (Å²) in [5, 5.41) is 15.4. The molecule has 2 atom stereocenters. The Bertz CT molecular complexity index is 707. The number of hydrogen-bond acceptors (Lipinski definition) is 2. The van der Waals surface area contributed by atoms with Crippen molar-refractivity contribution >= 4 is 40.8 Å². The summed E-state index contributed by atoms with van der Waals surface area (Å²) in [7, 11) is 0. The van der Waals surface area contributed by atoms with Crippen molar-refractivity contribution in [3.8, 4) is 0 Å². The predicted molar refractivity (Wildman–Crippen MR) is 96.5 cm³/mol. The van der Waals surface area contributed by atoms with Crippen LogP contribution in [0.3, 0.4) is 0 Å². The summed E-state index contributed by atoms with van der Waals surface area (Å²) in [6, 6.07) is 6.53. The van der Waals surface area contributed by atoms with Crippen LogP contribution in [0.2, 0.25) is 10.0 Å². The van der Waals surface area contributed by atoms with Crippen LogP contribution in [0.5, 0.6) is 0 Å². The van der Waals surface area contributed by atoms with E-state index >= 15 is 0 Å². The highest BCUT2D eigenvalue weighted by Gasteiger charge is 2.47. The number of alkyl halides is 3. The standard InChI is InChI=1S/C15H17Cl2N3.C2HF3O2/c16-10-2-1-3-11(17)14(10)20-15-18-12(8-4-5-8)13(19-15)9-6-7-9;3-2(4,5)1(6)7/h1-3,8-9,12-13H,4-7H2,(H2,18,19,20);(H,6,7)/t12-,13-;/m0./s1. The van der Waals surface area contributed by atoms with Crippen molar-refractivity contribution < 1.29 is 23.1 Å². The monoisotopic (exact) mass is 423 g/mol. The van der Waals surface area contributed by atoms with Crippen molar-refractivity contribution in [2.75, 3.05) is 0 Å². The summed E-state index contributed by atoms with van der Waals surface area (Å²) >= 11 is 12.4. The molecule has 5 nitrogen and oxygen atoms in total. The lowest BCUT2D eigenvalue weighted by Crippen LogP contribution is -2.36. The molecular formula is C17H18Cl2F3N3O2. The van der Waals surface area contributed by atoms with Gasteiger partial charge in [-0.15, -0.1) is 0 Å². The highest BCUT2D eigenvalue weighted by molar-refractivity contribution is 6.38. The molecule has 0 spiro atoms. The van der Waals surface area contributed by atoms with Gasteiger partial charge >= 0.3 is 12.1 Å². The summed E-state index contributed by atoms with van der Waals surface area (Å²) in [6.45, 7) is 0. The molecule has 1 heterocycles. The highest BCUT2D eigenvalue weighted by atomic mass is 35.5. The Labute approximate surface area is 163 Å². The van der Waals surface area contributed by atoms with Gasteiger partial charge in [0.25, 0.3) is 0 Å². The van der Waals surface area contributed by atoms with Crippen LogP contribution < -0.4 is 10.6 Å². The quantitative estimate of drug-likeness (QED) is 0.674. The van der Waals surface area contributed by atoms with E-state index in [0.29, 0.717) is 27.8 Å². The minimum absolute atomic E-state index is 0.530. The first-order valence-electron chi connectivity index (χ1n) is 8.52. The lowest BCUT2D eigenvalue weighted by molar-refractivity contribution is -0.192. The van der Waals surface area contributed by atoms with E-state index in [-0.39, 0.29) is 0 Å². The average molecular weight is 424 g/mol. The molecule has 3 fully saturated rings. The maximum atomic E-state index is 10.6. The maximum Gasteiger partial charge on any atom is 0.490 e. The second-order valence-electron chi connectivity index (χ2n) is 6.85. The SMILES string of the molecule is Clc1cccc(Cl)c1N=C1N[C@@H](C2CC2)[C@H](C2CC2)N1.O=C(O)C(F)(F)F. The largest absolute Gasteiger partial charge is 0.490 e. The molecule has 3 aliphatic rings. The van der Waals surface area contributed by atoms with Gasteiger partial charge in [0.05, 0.1) is 22.1 Å². The molecular weight excluding hydrogens is 406 g/mol. The number of carbonyl (C=O) groups is 1. The lowest BCUT2D eigenvalue weighted by atomic mass is 10.0. The third kappa shape index (κ3) is 5.19. The number of hydrogen-bond donors (Lipinski definition) is 3. The molecule has 0 unspecified atom stereocenters. The van der Waals surface area contributed by atoms with Crippen molar-refractivity contribution in [3.05, 3.63) is 28.2 Å². The topological polar surface area (TPSA) is 73.7 Å². The van der Waals surface area contributed by atoms with Gasteiger partial charge in [0.1, 0.15) is 5.69 Å². The number of nitrogens with zero attached hydrogens (tertiary/aromatic N) is 1. The summed E-state index contributed by atoms with van der Waals surface area (Å²) in [5.74, 6) is -0.314. The number of benzene rings is 1. The van der Waals surface area contributed by atoms with E-state index in [4.69, 9.17) is 33.1 Å². The molecule has 148 valence electrons. The Morgan fingerprint density at radius 1 is 1.04 bits per heavy atom. The second kappa shape index (κ2) is 7.75. The first-order valence-corrected chi connectivity index (χ1v) is 9.28. The van der Waals surface area contributed by atoms with Crippen LogP contribution in [-0.4, -0.2) is 35.3 Å². The highest BCUT2D eigenvalue weighted by Crippen LogP contribution is 2.43. The molecule has 3 N–H and O–H groups in total. The fourth-order valence-electron chi connectivity index (χ4n) is 3.04. The van der Waals surface area contributed by atoms with Gasteiger partial charge in [-0.05, 0) is 49.7 Å². The summed E-state index contributed by atoms with van der Waals surface area (Å²) in [6.07, 6.45) is 0.261. The van der Waals surface area contributed by atoms with Gasteiger partial charge in [0.15, 0.2) is 5.96 Å². The van der Waals surface area contributed by atoms with Gasteiger partial charge in [0, 0.05) is 0 Å². The van der Waals surface area contributed by atoms with Crippen molar-refractivity contribution in [1.29, 1.82) is 0 Å². The van der Waals surface area contributed by atoms with E-state index in [9.17, 15) is 13.2 Å². The van der Waals surface area contributed by atoms with Crippen LogP contribution >= 0.6 is 23.2 Å². The van der Waals surface area contributed by atoms with E-state index in [0.717, 1.165) is 17.8 Å². The molecule has 0 bridgehead atoms. The van der Waals surface area contributed by atoms with Crippen molar-refractivity contribution in [2.24, 2.45) is 16.8 Å². The maximum absolute atomic E-state index is 10.6. The van der Waals surface area contributed by atoms with Crippen LogP contribution in [0.4, 0.5) is 18.9 Å². The Morgan fingerprint density at radius 3 is 1.78 bits per heavy atom. The number of aliphatic carboxylic acids is 1. The number of carboxylic acid groups (broad SMARTS) is 1. The molecule has 27 heavy (non-hydrogen) atoms. The van der Waals surface area contributed by atoms with Gasteiger partial charge < -0.3 is 15.7 Å². The molecule has 1 aliphatic heterocycles. The van der Waals surface area contributed by atoms with Crippen LogP contribution in [-0.2, 0) is 4.79 Å². The minimum Gasteiger partial charge on any atom is -0.475 e. The Morgan fingerprint density at radius 2 is 1.44 bits per heavy atom. The first kappa shape index (κ1) is 20.1. The third-order valence-corrected chi connectivity index (χ3v) is 5.27. The summed E-state index contributed by atoms with van der Waals surface area (Å²) in [4.78, 5) is 13.5. The fraction of sp³-hybridized carbons (Fsp3) is 0.529. The van der Waals surface area contributed by atoms with E-state index in [2.05, 4.69) is 15.6 Å². The Hall–Kier alpha value is -1.67. The van der Waals surface area contributed by atoms with Gasteiger partial charge in [-0.2, -0.15) is 13.2 Å². The summed E-state index contributed by atoms with van der Waals surface area (Å²) < 4.78 is 31.7. The lowest BCUT2D eigenvalue weighted by Gasteiger charge is -2.16. The fourth-order valence-corrected chi connectivity index (χ4v) is 3.52. The number of para-hydroxylation sites is 1. The Balaban J connectivity index is 0.000000260. The normalized spacial score (nSPS) is 24.4. The molecule has 10 heteroatoms. The zero-order valence-electron chi connectivity index (χ0n) is 14.1. The molecule has 4 rings (SSSR count). The first-order chi connectivity index (χ1) is 12.7. The smallest absolute Gasteiger partial charge is 0.475 e. The molecule has 0 radical (unpaired) electrons. The van der Waals surface area contributed by atoms with Gasteiger partial charge in [-0.25, -0.2) is 9.79 Å². The van der Waals surface area contributed by atoms with Crippen LogP contribution in [0.15, 0.2) is 23.2 Å². The van der Waals surface area contributed by atoms with Crippen molar-refractivity contribution in [3.63, 3.8) is 0 Å². The van der Waals surface area contributed by atoms with Crippen molar-refractivity contribution in [2.45, 2.75) is 43.9 Å². The number of carboxylic acids is 1. The average Bonchev–Trinajstić information content (AvgIpc) is 3.49. The number of rotatable bonds is 3. The zero-order chi connectivity index (χ0) is 19.8. The van der Waals surface area contributed by atoms with E-state index in [1.54, 1.807) is 0 Å². The van der Waals surface area contributed by atoms with Gasteiger partial charge in [-0.1, -0.05) is 29.3 Å². The van der Waals surface area contributed by atoms with E-state index < -0.39 is 12.1 Å². The predicted octanol–water partition coefficient (Wildman–Crippen LogP) is 4.36. The zero-order valence-corrected chi connectivity index (χ0v) is 15.6. The number of nitrogens with one attached hydrogen (secondary N) is 2. The number of halogens is 5. The van der Waals surface area contributed by atoms with E-state index in [1.807, 2.05) is 18.2 Å². The van der Waals surface area contributed by atoms with Crippen LogP contribution in [0.25, 0.3) is 0 Å². The van der Waals surface area contributed by atoms with Crippen LogP contribution in [0.1, 0.15) is 25.7 Å². The molecule has 2 saturated carbocycles. The second-order valence-corrected chi connectivity index (χ2v) is 7.66. The van der Waals surface area contributed by atoms with Gasteiger partial charge in [0.2, 0.25) is 0 Å². The number of guanidine groups is 1. The molecule has 1 saturated heterocycles. The van der Waals surface area contributed by atoms with E-state index in [1.165, 1.54) is 25.7 Å². The minimum atomic E-state index is -5.08. The molecule has 1 aromatic carbocycles. The Kier molecular flexibility index (Phi) is 5.76. The third-order valence-electron chi connectivity index (χ3n) is 4.66. The molecule has 0 aromatic heterocycles.